The summed E-state index contributed by atoms with van der Waals surface area (Å²) in [5.74, 6) is 0.0619. The molecule has 0 saturated heterocycles. The van der Waals surface area contributed by atoms with Crippen LogP contribution in [0.4, 0.5) is 0 Å². The number of carbonyl (C=O) groups is 1. The molecule has 1 aromatic carbocycles. The summed E-state index contributed by atoms with van der Waals surface area (Å²) in [6.07, 6.45) is 6.90. The second kappa shape index (κ2) is 5.77. The van der Waals surface area contributed by atoms with Crippen LogP contribution in [-0.4, -0.2) is 11.4 Å². The topological polar surface area (TPSA) is 29.1 Å². The van der Waals surface area contributed by atoms with E-state index in [9.17, 15) is 4.79 Å². The largest absolute Gasteiger partial charge is 0.347 e. The van der Waals surface area contributed by atoms with Gasteiger partial charge in [0.25, 0.3) is 5.91 Å². The number of nitrogens with one attached hydrogen (secondary N) is 1. The third-order valence-corrected chi connectivity index (χ3v) is 3.94. The van der Waals surface area contributed by atoms with E-state index >= 15 is 0 Å². The molecule has 0 aliphatic heterocycles. The lowest BCUT2D eigenvalue weighted by atomic mass is 9.90. The molecule has 1 N–H and O–H groups in total. The molecule has 2 rings (SSSR count). The van der Waals surface area contributed by atoms with Gasteiger partial charge in [0.15, 0.2) is 0 Å². The maximum atomic E-state index is 12.3. The quantitative estimate of drug-likeness (QED) is 0.873. The minimum Gasteiger partial charge on any atom is -0.347 e. The van der Waals surface area contributed by atoms with Crippen LogP contribution in [0.3, 0.4) is 0 Å². The molecule has 0 unspecified atom stereocenters. The molecule has 2 nitrogen and oxygen atoms in total. The second-order valence-corrected chi connectivity index (χ2v) is 6.28. The van der Waals surface area contributed by atoms with Crippen molar-refractivity contribution in [1.82, 2.24) is 5.32 Å². The second-order valence-electron chi connectivity index (χ2n) is 6.28. The molecule has 1 aliphatic carbocycles. The van der Waals surface area contributed by atoms with E-state index in [4.69, 9.17) is 0 Å². The number of benzene rings is 1. The third kappa shape index (κ3) is 3.59. The summed E-state index contributed by atoms with van der Waals surface area (Å²) in [5.41, 5.74) is 3.48. The lowest BCUT2D eigenvalue weighted by Gasteiger charge is -2.26. The highest BCUT2D eigenvalue weighted by atomic mass is 16.1. The van der Waals surface area contributed by atoms with Crippen LogP contribution in [0, 0.1) is 0 Å². The van der Waals surface area contributed by atoms with Crippen LogP contribution >= 0.6 is 0 Å². The minimum atomic E-state index is -0.123. The lowest BCUT2D eigenvalue weighted by Crippen LogP contribution is -2.43. The Morgan fingerprint density at radius 2 is 1.89 bits per heavy atom. The van der Waals surface area contributed by atoms with Gasteiger partial charge in [-0.1, -0.05) is 19.4 Å². The Morgan fingerprint density at radius 1 is 1.21 bits per heavy atom. The first kappa shape index (κ1) is 14.1. The maximum absolute atomic E-state index is 12.3. The molecule has 1 amide bonds. The lowest BCUT2D eigenvalue weighted by molar-refractivity contribution is 0.0909. The van der Waals surface area contributed by atoms with Gasteiger partial charge in [-0.3, -0.25) is 4.79 Å². The van der Waals surface area contributed by atoms with Gasteiger partial charge in [0.2, 0.25) is 0 Å². The normalized spacial score (nSPS) is 14.9. The van der Waals surface area contributed by atoms with Crippen LogP contribution in [0.15, 0.2) is 18.2 Å². The van der Waals surface area contributed by atoms with Gasteiger partial charge in [0.05, 0.1) is 0 Å². The summed E-state index contributed by atoms with van der Waals surface area (Å²) in [4.78, 5) is 12.3. The SMILES string of the molecule is CCCC(C)(C)NC(=O)c1ccc2c(c1)CCCC2. The summed E-state index contributed by atoms with van der Waals surface area (Å²) in [6.45, 7) is 6.33. The molecule has 0 atom stereocenters. The summed E-state index contributed by atoms with van der Waals surface area (Å²) in [7, 11) is 0. The van der Waals surface area contributed by atoms with E-state index in [0.29, 0.717) is 0 Å². The first-order valence-corrected chi connectivity index (χ1v) is 7.46. The van der Waals surface area contributed by atoms with E-state index in [-0.39, 0.29) is 11.4 Å². The summed E-state index contributed by atoms with van der Waals surface area (Å²) >= 11 is 0. The number of aryl methyl sites for hydroxylation is 2. The Labute approximate surface area is 116 Å². The van der Waals surface area contributed by atoms with E-state index in [1.807, 2.05) is 6.07 Å². The average Bonchev–Trinajstić information content (AvgIpc) is 2.37. The Morgan fingerprint density at radius 3 is 2.58 bits per heavy atom. The van der Waals surface area contributed by atoms with Crippen LogP contribution in [0.25, 0.3) is 0 Å². The van der Waals surface area contributed by atoms with E-state index < -0.39 is 0 Å². The van der Waals surface area contributed by atoms with Crippen LogP contribution in [-0.2, 0) is 12.8 Å². The molecule has 19 heavy (non-hydrogen) atoms. The standard InChI is InChI=1S/C17H25NO/c1-4-11-17(2,3)18-16(19)15-10-9-13-7-5-6-8-14(13)12-15/h9-10,12H,4-8,11H2,1-3H3,(H,18,19). The number of rotatable bonds is 4. The Hall–Kier alpha value is -1.31. The molecule has 1 aliphatic rings. The van der Waals surface area contributed by atoms with Crippen molar-refractivity contribution in [1.29, 1.82) is 0 Å². The molecule has 0 saturated carbocycles. The predicted octanol–water partition coefficient (Wildman–Crippen LogP) is 3.87. The Balaban J connectivity index is 2.11. The Kier molecular flexibility index (Phi) is 4.28. The first-order valence-electron chi connectivity index (χ1n) is 7.46. The van der Waals surface area contributed by atoms with Crippen molar-refractivity contribution in [3.63, 3.8) is 0 Å². The van der Waals surface area contributed by atoms with Gasteiger partial charge >= 0.3 is 0 Å². The van der Waals surface area contributed by atoms with Crippen molar-refractivity contribution in [3.8, 4) is 0 Å². The van der Waals surface area contributed by atoms with Crippen molar-refractivity contribution in [2.24, 2.45) is 0 Å². The number of carbonyl (C=O) groups excluding carboxylic acids is 1. The minimum absolute atomic E-state index is 0.0619. The number of amides is 1. The van der Waals surface area contributed by atoms with Crippen molar-refractivity contribution < 1.29 is 4.79 Å². The third-order valence-electron chi connectivity index (χ3n) is 3.94. The van der Waals surface area contributed by atoms with Crippen molar-refractivity contribution in [3.05, 3.63) is 34.9 Å². The number of hydrogen-bond acceptors (Lipinski definition) is 1. The number of fused-ring (bicyclic) bond motifs is 1. The van der Waals surface area contributed by atoms with E-state index in [2.05, 4.69) is 38.2 Å². The fourth-order valence-electron chi connectivity index (χ4n) is 2.94. The van der Waals surface area contributed by atoms with Gasteiger partial charge in [0, 0.05) is 11.1 Å². The smallest absolute Gasteiger partial charge is 0.251 e. The molecular weight excluding hydrogens is 234 g/mol. The van der Waals surface area contributed by atoms with Gasteiger partial charge in [-0.05, 0) is 69.2 Å². The van der Waals surface area contributed by atoms with E-state index in [0.717, 1.165) is 24.8 Å². The average molecular weight is 259 g/mol. The number of hydrogen-bond donors (Lipinski definition) is 1. The van der Waals surface area contributed by atoms with E-state index in [1.54, 1.807) is 0 Å². The predicted molar refractivity (Wildman–Crippen MR) is 79.5 cm³/mol. The van der Waals surface area contributed by atoms with Gasteiger partial charge in [-0.25, -0.2) is 0 Å². The molecule has 1 aromatic rings. The molecule has 0 radical (unpaired) electrons. The highest BCUT2D eigenvalue weighted by Gasteiger charge is 2.20. The zero-order valence-corrected chi connectivity index (χ0v) is 12.4. The van der Waals surface area contributed by atoms with Gasteiger partial charge in [-0.2, -0.15) is 0 Å². The molecule has 0 fully saturated rings. The molecule has 2 heteroatoms. The summed E-state index contributed by atoms with van der Waals surface area (Å²) < 4.78 is 0. The summed E-state index contributed by atoms with van der Waals surface area (Å²) in [5, 5.41) is 3.14. The van der Waals surface area contributed by atoms with E-state index in [1.165, 1.54) is 30.4 Å². The molecule has 104 valence electrons. The monoisotopic (exact) mass is 259 g/mol. The van der Waals surface area contributed by atoms with Crippen LogP contribution < -0.4 is 5.32 Å². The highest BCUT2D eigenvalue weighted by molar-refractivity contribution is 5.95. The first-order chi connectivity index (χ1) is 9.02. The van der Waals surface area contributed by atoms with Crippen molar-refractivity contribution in [2.75, 3.05) is 0 Å². The van der Waals surface area contributed by atoms with Crippen molar-refractivity contribution >= 4 is 5.91 Å². The van der Waals surface area contributed by atoms with Crippen LogP contribution in [0.5, 0.6) is 0 Å². The fraction of sp³-hybridized carbons (Fsp3) is 0.588. The Bertz CT molecular complexity index is 462. The molecule has 0 aromatic heterocycles. The zero-order valence-electron chi connectivity index (χ0n) is 12.4. The molecule has 0 bridgehead atoms. The molecule has 0 heterocycles. The van der Waals surface area contributed by atoms with Gasteiger partial charge < -0.3 is 5.32 Å². The van der Waals surface area contributed by atoms with Crippen molar-refractivity contribution in [2.45, 2.75) is 64.8 Å². The van der Waals surface area contributed by atoms with Crippen LogP contribution in [0.1, 0.15) is 67.9 Å². The van der Waals surface area contributed by atoms with Gasteiger partial charge in [-0.15, -0.1) is 0 Å². The molecular formula is C17H25NO. The summed E-state index contributed by atoms with van der Waals surface area (Å²) in [6, 6.07) is 6.20. The zero-order chi connectivity index (χ0) is 13.9. The molecule has 0 spiro atoms. The fourth-order valence-corrected chi connectivity index (χ4v) is 2.94. The highest BCUT2D eigenvalue weighted by Crippen LogP contribution is 2.22. The van der Waals surface area contributed by atoms with Gasteiger partial charge in [0.1, 0.15) is 0 Å². The van der Waals surface area contributed by atoms with Crippen LogP contribution in [0.2, 0.25) is 0 Å². The maximum Gasteiger partial charge on any atom is 0.251 e.